The second kappa shape index (κ2) is 9.67. The molecule has 2 amide bonds. The number of nitrogens with zero attached hydrogens (tertiary/aromatic N) is 2. The number of nitrogens with one attached hydrogen (secondary N) is 1. The molecule has 2 aromatic rings. The summed E-state index contributed by atoms with van der Waals surface area (Å²) in [5.41, 5.74) is 0.691. The number of carbonyl (C=O) groups excluding carboxylic acids is 2. The molecule has 1 aliphatic rings. The highest BCUT2D eigenvalue weighted by atomic mass is 79.9. The van der Waals surface area contributed by atoms with E-state index in [2.05, 4.69) is 37.6 Å². The first-order chi connectivity index (χ1) is 13.5. The van der Waals surface area contributed by atoms with E-state index in [1.165, 1.54) is 4.88 Å². The summed E-state index contributed by atoms with van der Waals surface area (Å²) in [5.74, 6) is 0.107. The summed E-state index contributed by atoms with van der Waals surface area (Å²) in [6.07, 6.45) is 1.42. The third-order valence-corrected chi connectivity index (χ3v) is 6.71. The summed E-state index contributed by atoms with van der Waals surface area (Å²) in [6.45, 7) is 1.84. The van der Waals surface area contributed by atoms with Crippen LogP contribution in [0.1, 0.15) is 34.1 Å². The van der Waals surface area contributed by atoms with Gasteiger partial charge in [0.05, 0.1) is 6.04 Å². The van der Waals surface area contributed by atoms with E-state index in [4.69, 9.17) is 0 Å². The molecule has 28 heavy (non-hydrogen) atoms. The Kier molecular flexibility index (Phi) is 7.26. The Bertz CT molecular complexity index is 784. The molecule has 0 saturated carbocycles. The Labute approximate surface area is 178 Å². The standard InChI is InChI=1S/C21H26BrN3O2S/c1-24(2)18(19-4-3-13-28-19)14-23-20(26)15-9-11-25(12-10-15)21(27)16-5-7-17(22)8-6-16/h3-8,13,15,18H,9-12,14H2,1-2H3,(H,23,26). The molecule has 1 aliphatic heterocycles. The highest BCUT2D eigenvalue weighted by molar-refractivity contribution is 9.10. The number of benzene rings is 1. The zero-order valence-electron chi connectivity index (χ0n) is 16.2. The fourth-order valence-electron chi connectivity index (χ4n) is 3.48. The highest BCUT2D eigenvalue weighted by Crippen LogP contribution is 2.24. The van der Waals surface area contributed by atoms with Gasteiger partial charge in [-0.25, -0.2) is 0 Å². The SMILES string of the molecule is CN(C)C(CNC(=O)C1CCN(C(=O)c2ccc(Br)cc2)CC1)c1cccs1. The first-order valence-corrected chi connectivity index (χ1v) is 11.2. The van der Waals surface area contributed by atoms with E-state index in [1.807, 2.05) is 49.3 Å². The van der Waals surface area contributed by atoms with Crippen molar-refractivity contribution in [1.29, 1.82) is 0 Å². The molecule has 7 heteroatoms. The quantitative estimate of drug-likeness (QED) is 0.708. The highest BCUT2D eigenvalue weighted by Gasteiger charge is 2.28. The summed E-state index contributed by atoms with van der Waals surface area (Å²) in [4.78, 5) is 30.5. The van der Waals surface area contributed by atoms with Crippen molar-refractivity contribution in [2.24, 2.45) is 5.92 Å². The van der Waals surface area contributed by atoms with E-state index in [-0.39, 0.29) is 23.8 Å². The molecule has 0 radical (unpaired) electrons. The average Bonchev–Trinajstić information content (AvgIpc) is 3.22. The number of halogens is 1. The van der Waals surface area contributed by atoms with E-state index >= 15 is 0 Å². The number of likely N-dealkylation sites (N-methyl/N-ethyl adjacent to an activating group) is 1. The van der Waals surface area contributed by atoms with Crippen LogP contribution in [0.5, 0.6) is 0 Å². The Morgan fingerprint density at radius 3 is 2.46 bits per heavy atom. The lowest BCUT2D eigenvalue weighted by molar-refractivity contribution is -0.126. The number of piperidine rings is 1. The van der Waals surface area contributed by atoms with Gasteiger partial charge in [0, 0.05) is 40.5 Å². The third-order valence-electron chi connectivity index (χ3n) is 5.21. The van der Waals surface area contributed by atoms with Crippen LogP contribution in [0.25, 0.3) is 0 Å². The maximum atomic E-state index is 12.6. The van der Waals surface area contributed by atoms with Gasteiger partial charge in [-0.2, -0.15) is 0 Å². The molecule has 5 nitrogen and oxygen atoms in total. The molecule has 0 bridgehead atoms. The average molecular weight is 464 g/mol. The van der Waals surface area contributed by atoms with Crippen molar-refractivity contribution in [3.8, 4) is 0 Å². The molecular weight excluding hydrogens is 438 g/mol. The van der Waals surface area contributed by atoms with Crippen molar-refractivity contribution in [1.82, 2.24) is 15.1 Å². The summed E-state index contributed by atoms with van der Waals surface area (Å²) in [7, 11) is 4.06. The maximum Gasteiger partial charge on any atom is 0.253 e. The number of thiophene rings is 1. The van der Waals surface area contributed by atoms with Crippen LogP contribution < -0.4 is 5.32 Å². The van der Waals surface area contributed by atoms with E-state index < -0.39 is 0 Å². The van der Waals surface area contributed by atoms with Crippen molar-refractivity contribution >= 4 is 39.1 Å². The van der Waals surface area contributed by atoms with Crippen LogP contribution in [0.15, 0.2) is 46.3 Å². The van der Waals surface area contributed by atoms with Crippen molar-refractivity contribution < 1.29 is 9.59 Å². The number of amides is 2. The van der Waals surface area contributed by atoms with E-state index in [1.54, 1.807) is 11.3 Å². The zero-order valence-corrected chi connectivity index (χ0v) is 18.6. The van der Waals surface area contributed by atoms with Crippen LogP contribution in [0, 0.1) is 5.92 Å². The second-order valence-electron chi connectivity index (χ2n) is 7.31. The Balaban J connectivity index is 1.49. The van der Waals surface area contributed by atoms with Crippen LogP contribution in [-0.2, 0) is 4.79 Å². The van der Waals surface area contributed by atoms with E-state index in [0.29, 0.717) is 38.0 Å². The minimum Gasteiger partial charge on any atom is -0.354 e. The van der Waals surface area contributed by atoms with Gasteiger partial charge in [0.25, 0.3) is 5.91 Å². The number of carbonyl (C=O) groups is 2. The molecule has 0 aliphatic carbocycles. The van der Waals surface area contributed by atoms with Gasteiger partial charge in [0.2, 0.25) is 5.91 Å². The lowest BCUT2D eigenvalue weighted by Gasteiger charge is -2.32. The third kappa shape index (κ3) is 5.21. The van der Waals surface area contributed by atoms with Gasteiger partial charge in [0.15, 0.2) is 0 Å². The first kappa shape index (κ1) is 21.0. The minimum atomic E-state index is -0.0277. The number of hydrogen-bond acceptors (Lipinski definition) is 4. The molecule has 2 heterocycles. The van der Waals surface area contributed by atoms with Gasteiger partial charge in [-0.3, -0.25) is 9.59 Å². The fourth-order valence-corrected chi connectivity index (χ4v) is 4.67. The molecule has 1 aromatic carbocycles. The Morgan fingerprint density at radius 2 is 1.89 bits per heavy atom. The Morgan fingerprint density at radius 1 is 1.21 bits per heavy atom. The van der Waals surface area contributed by atoms with E-state index in [0.717, 1.165) is 4.47 Å². The normalized spacial score (nSPS) is 16.2. The van der Waals surface area contributed by atoms with Crippen LogP contribution in [0.3, 0.4) is 0 Å². The number of rotatable bonds is 6. The smallest absolute Gasteiger partial charge is 0.253 e. The predicted octanol–water partition coefficient (Wildman–Crippen LogP) is 3.78. The molecule has 0 spiro atoms. The summed E-state index contributed by atoms with van der Waals surface area (Å²) >= 11 is 5.10. The van der Waals surface area contributed by atoms with Gasteiger partial charge in [0.1, 0.15) is 0 Å². The van der Waals surface area contributed by atoms with Gasteiger partial charge < -0.3 is 15.1 Å². The predicted molar refractivity (Wildman–Crippen MR) is 117 cm³/mol. The van der Waals surface area contributed by atoms with E-state index in [9.17, 15) is 9.59 Å². The van der Waals surface area contributed by atoms with Crippen LogP contribution in [0.2, 0.25) is 0 Å². The van der Waals surface area contributed by atoms with Crippen molar-refractivity contribution in [3.05, 3.63) is 56.7 Å². The lowest BCUT2D eigenvalue weighted by Crippen LogP contribution is -2.44. The molecular formula is C21H26BrN3O2S. The topological polar surface area (TPSA) is 52.7 Å². The first-order valence-electron chi connectivity index (χ1n) is 9.48. The zero-order chi connectivity index (χ0) is 20.1. The van der Waals surface area contributed by atoms with Crippen molar-refractivity contribution in [2.75, 3.05) is 33.7 Å². The largest absolute Gasteiger partial charge is 0.354 e. The van der Waals surface area contributed by atoms with Gasteiger partial charge >= 0.3 is 0 Å². The molecule has 1 unspecified atom stereocenters. The molecule has 150 valence electrons. The number of likely N-dealkylation sites (tertiary alicyclic amines) is 1. The molecule has 3 rings (SSSR count). The lowest BCUT2D eigenvalue weighted by atomic mass is 9.95. The molecule has 1 atom stereocenters. The van der Waals surface area contributed by atoms with Gasteiger partial charge in [-0.1, -0.05) is 22.0 Å². The van der Waals surface area contributed by atoms with Crippen LogP contribution in [0.4, 0.5) is 0 Å². The monoisotopic (exact) mass is 463 g/mol. The Hall–Kier alpha value is -1.70. The summed E-state index contributed by atoms with van der Waals surface area (Å²) in [6, 6.07) is 11.7. The molecule has 1 fully saturated rings. The fraction of sp³-hybridized carbons (Fsp3) is 0.429. The second-order valence-corrected chi connectivity index (χ2v) is 9.21. The van der Waals surface area contributed by atoms with Crippen LogP contribution >= 0.6 is 27.3 Å². The van der Waals surface area contributed by atoms with Crippen molar-refractivity contribution in [2.45, 2.75) is 18.9 Å². The molecule has 1 aromatic heterocycles. The van der Waals surface area contributed by atoms with Gasteiger partial charge in [-0.15, -0.1) is 11.3 Å². The van der Waals surface area contributed by atoms with Crippen LogP contribution in [-0.4, -0.2) is 55.3 Å². The molecule has 1 N–H and O–H groups in total. The number of hydrogen-bond donors (Lipinski definition) is 1. The summed E-state index contributed by atoms with van der Waals surface area (Å²) < 4.78 is 0.956. The molecule has 1 saturated heterocycles. The minimum absolute atomic E-state index is 0.0277. The summed E-state index contributed by atoms with van der Waals surface area (Å²) in [5, 5.41) is 5.18. The van der Waals surface area contributed by atoms with Crippen molar-refractivity contribution in [3.63, 3.8) is 0 Å². The van der Waals surface area contributed by atoms with Gasteiger partial charge in [-0.05, 0) is 62.6 Å². The maximum absolute atomic E-state index is 12.6.